The van der Waals surface area contributed by atoms with Crippen LogP contribution >= 0.6 is 11.8 Å². The van der Waals surface area contributed by atoms with Crippen LogP contribution < -0.4 is 0 Å². The fourth-order valence-electron chi connectivity index (χ4n) is 1.88. The highest BCUT2D eigenvalue weighted by atomic mass is 32.2. The second-order valence-corrected chi connectivity index (χ2v) is 6.26. The molecular formula is C14H15F2N3O2S. The minimum absolute atomic E-state index is 0.168. The zero-order valence-corrected chi connectivity index (χ0v) is 13.2. The normalized spacial score (nSPS) is 11.9. The van der Waals surface area contributed by atoms with Gasteiger partial charge in [0.1, 0.15) is 11.6 Å². The van der Waals surface area contributed by atoms with Crippen LogP contribution in [-0.2, 0) is 4.79 Å². The summed E-state index contributed by atoms with van der Waals surface area (Å²) in [6.45, 7) is 5.65. The quantitative estimate of drug-likeness (QED) is 0.339. The van der Waals surface area contributed by atoms with Gasteiger partial charge in [0.2, 0.25) is 0 Å². The summed E-state index contributed by atoms with van der Waals surface area (Å²) in [5, 5.41) is 2.49. The Kier molecular flexibility index (Phi) is 6.52. The second kappa shape index (κ2) is 7.91. The molecule has 0 N–H and O–H groups in total. The van der Waals surface area contributed by atoms with Gasteiger partial charge in [0.05, 0.1) is 10.5 Å². The lowest BCUT2D eigenvalue weighted by atomic mass is 10.0. The van der Waals surface area contributed by atoms with Crippen molar-refractivity contribution < 1.29 is 18.4 Å². The van der Waals surface area contributed by atoms with E-state index in [9.17, 15) is 18.4 Å². The van der Waals surface area contributed by atoms with Gasteiger partial charge >= 0.3 is 0 Å². The molecule has 1 atom stereocenters. The number of rotatable bonds is 5. The summed E-state index contributed by atoms with van der Waals surface area (Å²) in [5.41, 5.74) is 7.63. The summed E-state index contributed by atoms with van der Waals surface area (Å²) in [5.74, 6) is -3.23. The summed E-state index contributed by atoms with van der Waals surface area (Å²) in [7, 11) is 0. The van der Waals surface area contributed by atoms with Gasteiger partial charge in [-0.25, -0.2) is 8.78 Å². The largest absolute Gasteiger partial charge is 0.287 e. The molecule has 8 heteroatoms. The summed E-state index contributed by atoms with van der Waals surface area (Å²) in [4.78, 5) is 25.5. The number of nitrogens with zero attached hydrogens (tertiary/aromatic N) is 3. The highest BCUT2D eigenvalue weighted by Gasteiger charge is 2.21. The molecule has 0 saturated carbocycles. The van der Waals surface area contributed by atoms with Gasteiger partial charge in [0, 0.05) is 16.9 Å². The van der Waals surface area contributed by atoms with Crippen molar-refractivity contribution in [2.24, 2.45) is 17.0 Å². The molecule has 1 rings (SSSR count). The van der Waals surface area contributed by atoms with Crippen molar-refractivity contribution in [3.63, 3.8) is 0 Å². The van der Waals surface area contributed by atoms with Crippen molar-refractivity contribution in [1.29, 1.82) is 0 Å². The van der Waals surface area contributed by atoms with E-state index in [-0.39, 0.29) is 15.9 Å². The van der Waals surface area contributed by atoms with Crippen molar-refractivity contribution in [1.82, 2.24) is 0 Å². The SMILES string of the molecule is CC(C)CC(C)C(=O)Sc1cc(C(=O)N=[N+]=[N-])c(F)cc1F. The van der Waals surface area contributed by atoms with Gasteiger partial charge in [0.15, 0.2) is 5.12 Å². The Hall–Kier alpha value is -1.92. The van der Waals surface area contributed by atoms with Crippen molar-refractivity contribution in [3.05, 3.63) is 39.8 Å². The van der Waals surface area contributed by atoms with E-state index in [1.54, 1.807) is 6.92 Å². The van der Waals surface area contributed by atoms with E-state index in [1.165, 1.54) is 0 Å². The summed E-state index contributed by atoms with van der Waals surface area (Å²) in [6.07, 6.45) is 0.638. The molecule has 0 heterocycles. The predicted octanol–water partition coefficient (Wildman–Crippen LogP) is 4.72. The van der Waals surface area contributed by atoms with Gasteiger partial charge in [-0.1, -0.05) is 20.8 Å². The fraction of sp³-hybridized carbons (Fsp3) is 0.429. The number of carbonyl (C=O) groups is 2. The van der Waals surface area contributed by atoms with Crippen LogP contribution in [0.2, 0.25) is 0 Å². The van der Waals surface area contributed by atoms with Crippen LogP contribution in [0.1, 0.15) is 37.6 Å². The highest BCUT2D eigenvalue weighted by molar-refractivity contribution is 8.13. The highest BCUT2D eigenvalue weighted by Crippen LogP contribution is 2.29. The maximum Gasteiger partial charge on any atom is 0.252 e. The van der Waals surface area contributed by atoms with E-state index in [1.807, 2.05) is 13.8 Å². The zero-order valence-electron chi connectivity index (χ0n) is 12.3. The van der Waals surface area contributed by atoms with Crippen LogP contribution in [0.3, 0.4) is 0 Å². The Labute approximate surface area is 130 Å². The second-order valence-electron chi connectivity index (χ2n) is 5.21. The van der Waals surface area contributed by atoms with Gasteiger partial charge in [-0.15, -0.1) is 0 Å². The number of thioether (sulfide) groups is 1. The summed E-state index contributed by atoms with van der Waals surface area (Å²) >= 11 is 0.611. The zero-order chi connectivity index (χ0) is 16.9. The fourth-order valence-corrected chi connectivity index (χ4v) is 2.73. The van der Waals surface area contributed by atoms with Crippen molar-refractivity contribution in [3.8, 4) is 0 Å². The summed E-state index contributed by atoms with van der Waals surface area (Å²) < 4.78 is 27.3. The first-order chi connectivity index (χ1) is 10.3. The number of benzene rings is 1. The first kappa shape index (κ1) is 18.1. The molecule has 1 amide bonds. The molecule has 0 aromatic heterocycles. The van der Waals surface area contributed by atoms with E-state index in [4.69, 9.17) is 5.53 Å². The maximum absolute atomic E-state index is 13.7. The van der Waals surface area contributed by atoms with E-state index in [0.717, 1.165) is 6.07 Å². The smallest absolute Gasteiger partial charge is 0.252 e. The van der Waals surface area contributed by atoms with E-state index in [0.29, 0.717) is 30.2 Å². The van der Waals surface area contributed by atoms with Crippen LogP contribution in [0.5, 0.6) is 0 Å². The monoisotopic (exact) mass is 327 g/mol. The molecule has 1 unspecified atom stereocenters. The Balaban J connectivity index is 3.05. The van der Waals surface area contributed by atoms with Crippen molar-refractivity contribution in [2.75, 3.05) is 0 Å². The average molecular weight is 327 g/mol. The van der Waals surface area contributed by atoms with Gasteiger partial charge < -0.3 is 0 Å². The molecule has 1 aromatic rings. The van der Waals surface area contributed by atoms with Crippen LogP contribution in [0.4, 0.5) is 8.78 Å². The lowest BCUT2D eigenvalue weighted by Gasteiger charge is -2.12. The number of amides is 1. The van der Waals surface area contributed by atoms with Crippen molar-refractivity contribution >= 4 is 22.8 Å². The number of halogens is 2. The lowest BCUT2D eigenvalue weighted by molar-refractivity contribution is -0.114. The van der Waals surface area contributed by atoms with Gasteiger partial charge in [-0.2, -0.15) is 0 Å². The van der Waals surface area contributed by atoms with Crippen LogP contribution in [0.25, 0.3) is 10.4 Å². The molecule has 22 heavy (non-hydrogen) atoms. The van der Waals surface area contributed by atoms with Crippen molar-refractivity contribution in [2.45, 2.75) is 32.1 Å². The first-order valence-corrected chi connectivity index (χ1v) is 7.38. The molecule has 0 bridgehead atoms. The maximum atomic E-state index is 13.7. The number of azide groups is 1. The third kappa shape index (κ3) is 4.82. The molecule has 0 aliphatic heterocycles. The topological polar surface area (TPSA) is 82.9 Å². The Morgan fingerprint density at radius 2 is 1.91 bits per heavy atom. The molecule has 0 radical (unpaired) electrons. The Morgan fingerprint density at radius 3 is 2.45 bits per heavy atom. The third-order valence-corrected chi connectivity index (χ3v) is 3.96. The third-order valence-electron chi connectivity index (χ3n) is 2.83. The molecule has 118 valence electrons. The number of hydrogen-bond acceptors (Lipinski definition) is 3. The van der Waals surface area contributed by atoms with Crippen LogP contribution in [0, 0.1) is 23.5 Å². The lowest BCUT2D eigenvalue weighted by Crippen LogP contribution is -2.10. The van der Waals surface area contributed by atoms with Gasteiger partial charge in [-0.05, 0) is 40.8 Å². The average Bonchev–Trinajstić information content (AvgIpc) is 2.40. The predicted molar refractivity (Wildman–Crippen MR) is 79.3 cm³/mol. The van der Waals surface area contributed by atoms with Gasteiger partial charge in [-0.3, -0.25) is 9.59 Å². The molecular weight excluding hydrogens is 312 g/mol. The van der Waals surface area contributed by atoms with Crippen LogP contribution in [0.15, 0.2) is 22.1 Å². The molecule has 0 saturated heterocycles. The molecule has 5 nitrogen and oxygen atoms in total. The van der Waals surface area contributed by atoms with E-state index in [2.05, 4.69) is 10.0 Å². The minimum atomic E-state index is -1.16. The standard InChI is InChI=1S/C14H15F2N3O2S/c1-7(2)4-8(3)14(21)22-12-5-9(13(20)18-19-17)10(15)6-11(12)16/h5-8H,4H2,1-3H3. The Morgan fingerprint density at radius 1 is 1.27 bits per heavy atom. The molecule has 0 aliphatic carbocycles. The first-order valence-electron chi connectivity index (χ1n) is 6.56. The molecule has 1 aromatic carbocycles. The Bertz CT molecular complexity index is 643. The molecule has 0 fully saturated rings. The minimum Gasteiger partial charge on any atom is -0.287 e. The molecule has 0 spiro atoms. The summed E-state index contributed by atoms with van der Waals surface area (Å²) in [6, 6.07) is 1.40. The molecule has 0 aliphatic rings. The van der Waals surface area contributed by atoms with E-state index >= 15 is 0 Å². The van der Waals surface area contributed by atoms with Crippen LogP contribution in [-0.4, -0.2) is 11.0 Å². The van der Waals surface area contributed by atoms with E-state index < -0.39 is 23.1 Å². The number of hydrogen-bond donors (Lipinski definition) is 0. The van der Waals surface area contributed by atoms with Gasteiger partial charge in [0.25, 0.3) is 5.91 Å². The number of carbonyl (C=O) groups excluding carboxylic acids is 2.